The van der Waals surface area contributed by atoms with E-state index < -0.39 is 12.1 Å². The summed E-state index contributed by atoms with van der Waals surface area (Å²) < 4.78 is 51.8. The number of hydrogen-bond donors (Lipinski definition) is 0. The van der Waals surface area contributed by atoms with Crippen molar-refractivity contribution in [1.82, 2.24) is 4.90 Å². The minimum Gasteiger partial charge on any atom is -0.294 e. The van der Waals surface area contributed by atoms with Crippen molar-refractivity contribution in [1.29, 1.82) is 0 Å². The van der Waals surface area contributed by atoms with Crippen LogP contribution < -0.4 is 0 Å². The summed E-state index contributed by atoms with van der Waals surface area (Å²) in [6.45, 7) is 4.37. The Morgan fingerprint density at radius 2 is 1.75 bits per heavy atom. The molecule has 0 unspecified atom stereocenters. The molecule has 1 aliphatic rings. The number of nitrogens with zero attached hydrogens (tertiary/aromatic N) is 1. The van der Waals surface area contributed by atoms with Gasteiger partial charge < -0.3 is 0 Å². The fraction of sp³-hybridized carbons (Fsp3) is 0.600. The second kappa shape index (κ2) is 5.72. The standard InChI is InChI=1S/C15H19F4N/c1-10(2)20-8-7-12(15(17,18)19)9-14(20)11-3-5-13(16)6-4-11/h3-6,10,12,14H,7-9H2,1-2H3/t12-,14+/m0/s1. The molecule has 5 heteroatoms. The first-order valence-corrected chi connectivity index (χ1v) is 6.87. The van der Waals surface area contributed by atoms with E-state index in [2.05, 4.69) is 4.90 Å². The van der Waals surface area contributed by atoms with Crippen molar-refractivity contribution in [3.63, 3.8) is 0 Å². The Bertz CT molecular complexity index is 438. The molecule has 1 nitrogen and oxygen atoms in total. The van der Waals surface area contributed by atoms with E-state index in [9.17, 15) is 17.6 Å². The first kappa shape index (κ1) is 15.3. The van der Waals surface area contributed by atoms with Crippen LogP contribution in [-0.4, -0.2) is 23.7 Å². The maximum Gasteiger partial charge on any atom is 0.391 e. The predicted octanol–water partition coefficient (Wildman–Crippen LogP) is 4.55. The molecule has 1 aromatic rings. The smallest absolute Gasteiger partial charge is 0.294 e. The number of rotatable bonds is 2. The summed E-state index contributed by atoms with van der Waals surface area (Å²) in [5, 5.41) is 0. The molecule has 0 spiro atoms. The van der Waals surface area contributed by atoms with Gasteiger partial charge in [-0.05, 0) is 50.9 Å². The largest absolute Gasteiger partial charge is 0.391 e. The molecule has 1 saturated heterocycles. The second-order valence-corrected chi connectivity index (χ2v) is 5.66. The second-order valence-electron chi connectivity index (χ2n) is 5.66. The molecule has 0 radical (unpaired) electrons. The van der Waals surface area contributed by atoms with Crippen molar-refractivity contribution in [2.45, 2.75) is 44.9 Å². The van der Waals surface area contributed by atoms with E-state index in [1.165, 1.54) is 12.1 Å². The summed E-state index contributed by atoms with van der Waals surface area (Å²) in [7, 11) is 0. The van der Waals surface area contributed by atoms with Crippen LogP contribution in [0.1, 0.15) is 38.3 Å². The summed E-state index contributed by atoms with van der Waals surface area (Å²) in [6.07, 6.45) is -3.96. The molecule has 0 aliphatic carbocycles. The van der Waals surface area contributed by atoms with E-state index >= 15 is 0 Å². The molecule has 2 rings (SSSR count). The third-order valence-electron chi connectivity index (χ3n) is 4.02. The number of benzene rings is 1. The van der Waals surface area contributed by atoms with E-state index in [-0.39, 0.29) is 30.7 Å². The van der Waals surface area contributed by atoms with Crippen molar-refractivity contribution in [2.75, 3.05) is 6.54 Å². The first-order chi connectivity index (χ1) is 9.29. The van der Waals surface area contributed by atoms with E-state index in [0.29, 0.717) is 6.54 Å². The van der Waals surface area contributed by atoms with Crippen LogP contribution in [0.3, 0.4) is 0 Å². The van der Waals surface area contributed by atoms with Crippen LogP contribution in [0.4, 0.5) is 17.6 Å². The van der Waals surface area contributed by atoms with Crippen molar-refractivity contribution in [2.24, 2.45) is 5.92 Å². The SMILES string of the molecule is CC(C)N1CC[C@H](C(F)(F)F)C[C@@H]1c1ccc(F)cc1. The maximum absolute atomic E-state index is 13.0. The monoisotopic (exact) mass is 289 g/mol. The van der Waals surface area contributed by atoms with Gasteiger partial charge in [0.15, 0.2) is 0 Å². The minimum absolute atomic E-state index is 0.0489. The predicted molar refractivity (Wildman–Crippen MR) is 69.8 cm³/mol. The van der Waals surface area contributed by atoms with Gasteiger partial charge in [-0.1, -0.05) is 12.1 Å². The van der Waals surface area contributed by atoms with Gasteiger partial charge >= 0.3 is 6.18 Å². The van der Waals surface area contributed by atoms with Crippen LogP contribution in [0.25, 0.3) is 0 Å². The van der Waals surface area contributed by atoms with Gasteiger partial charge in [0.25, 0.3) is 0 Å². The van der Waals surface area contributed by atoms with Crippen LogP contribution in [0.5, 0.6) is 0 Å². The van der Waals surface area contributed by atoms with Crippen LogP contribution in [-0.2, 0) is 0 Å². The van der Waals surface area contributed by atoms with Gasteiger partial charge in [-0.3, -0.25) is 4.90 Å². The zero-order valence-corrected chi connectivity index (χ0v) is 11.6. The van der Waals surface area contributed by atoms with Crippen molar-refractivity contribution in [3.8, 4) is 0 Å². The molecule has 0 aromatic heterocycles. The fourth-order valence-electron chi connectivity index (χ4n) is 2.91. The molecule has 1 fully saturated rings. The normalized spacial score (nSPS) is 25.1. The van der Waals surface area contributed by atoms with Gasteiger partial charge in [0.05, 0.1) is 5.92 Å². The van der Waals surface area contributed by atoms with Crippen molar-refractivity contribution in [3.05, 3.63) is 35.6 Å². The van der Waals surface area contributed by atoms with Gasteiger partial charge in [0.1, 0.15) is 5.82 Å². The van der Waals surface area contributed by atoms with Crippen molar-refractivity contribution < 1.29 is 17.6 Å². The summed E-state index contributed by atoms with van der Waals surface area (Å²) in [5.41, 5.74) is 0.758. The van der Waals surface area contributed by atoms with Gasteiger partial charge in [0, 0.05) is 12.1 Å². The molecule has 112 valence electrons. The molecule has 1 heterocycles. The van der Waals surface area contributed by atoms with E-state index in [0.717, 1.165) is 5.56 Å². The van der Waals surface area contributed by atoms with Crippen LogP contribution in [0.15, 0.2) is 24.3 Å². The summed E-state index contributed by atoms with van der Waals surface area (Å²) in [4.78, 5) is 2.06. The molecule has 1 aromatic carbocycles. The third-order valence-corrected chi connectivity index (χ3v) is 4.02. The molecule has 1 aliphatic heterocycles. The number of alkyl halides is 3. The molecule has 2 atom stereocenters. The summed E-state index contributed by atoms with van der Waals surface area (Å²) in [5.74, 6) is -1.64. The minimum atomic E-state index is -4.15. The zero-order chi connectivity index (χ0) is 14.9. The average molecular weight is 289 g/mol. The Morgan fingerprint density at radius 1 is 1.15 bits per heavy atom. The highest BCUT2D eigenvalue weighted by atomic mass is 19.4. The van der Waals surface area contributed by atoms with E-state index in [1.54, 1.807) is 12.1 Å². The van der Waals surface area contributed by atoms with Crippen LogP contribution >= 0.6 is 0 Å². The third kappa shape index (κ3) is 3.32. The summed E-state index contributed by atoms with van der Waals surface area (Å²) >= 11 is 0. The Hall–Kier alpha value is -1.10. The Labute approximate surface area is 116 Å². The van der Waals surface area contributed by atoms with Crippen LogP contribution in [0, 0.1) is 11.7 Å². The highest BCUT2D eigenvalue weighted by Gasteiger charge is 2.44. The lowest BCUT2D eigenvalue weighted by atomic mass is 9.86. The lowest BCUT2D eigenvalue weighted by molar-refractivity contribution is -0.191. The molecular formula is C15H19F4N. The molecule has 0 amide bonds. The Balaban J connectivity index is 2.25. The summed E-state index contributed by atoms with van der Waals surface area (Å²) in [6, 6.07) is 5.67. The Kier molecular flexibility index (Phi) is 4.37. The zero-order valence-electron chi connectivity index (χ0n) is 11.6. The number of likely N-dealkylation sites (tertiary alicyclic amines) is 1. The van der Waals surface area contributed by atoms with E-state index in [1.807, 2.05) is 13.8 Å². The first-order valence-electron chi connectivity index (χ1n) is 6.87. The molecule has 0 saturated carbocycles. The van der Waals surface area contributed by atoms with Gasteiger partial charge in [0.2, 0.25) is 0 Å². The molecule has 0 bridgehead atoms. The fourth-order valence-corrected chi connectivity index (χ4v) is 2.91. The van der Waals surface area contributed by atoms with Crippen LogP contribution in [0.2, 0.25) is 0 Å². The quantitative estimate of drug-likeness (QED) is 0.722. The molecule has 0 N–H and O–H groups in total. The number of hydrogen-bond acceptors (Lipinski definition) is 1. The maximum atomic E-state index is 13.0. The lowest BCUT2D eigenvalue weighted by Crippen LogP contribution is -2.44. The Morgan fingerprint density at radius 3 is 2.25 bits per heavy atom. The average Bonchev–Trinajstić information content (AvgIpc) is 2.37. The number of piperidine rings is 1. The van der Waals surface area contributed by atoms with E-state index in [4.69, 9.17) is 0 Å². The van der Waals surface area contributed by atoms with Gasteiger partial charge in [-0.15, -0.1) is 0 Å². The van der Waals surface area contributed by atoms with Crippen molar-refractivity contribution >= 4 is 0 Å². The highest BCUT2D eigenvalue weighted by molar-refractivity contribution is 5.21. The topological polar surface area (TPSA) is 3.24 Å². The molecule has 20 heavy (non-hydrogen) atoms. The van der Waals surface area contributed by atoms with Gasteiger partial charge in [-0.25, -0.2) is 4.39 Å². The van der Waals surface area contributed by atoms with Gasteiger partial charge in [-0.2, -0.15) is 13.2 Å². The number of halogens is 4. The lowest BCUT2D eigenvalue weighted by Gasteiger charge is -2.42. The highest BCUT2D eigenvalue weighted by Crippen LogP contribution is 2.42. The molecular weight excluding hydrogens is 270 g/mol.